The van der Waals surface area contributed by atoms with E-state index in [0.717, 1.165) is 47.1 Å². The monoisotopic (exact) mass is 518 g/mol. The highest BCUT2D eigenvalue weighted by atomic mass is 19.4. The lowest BCUT2D eigenvalue weighted by molar-refractivity contribution is -0.136. The van der Waals surface area contributed by atoms with Gasteiger partial charge < -0.3 is 9.73 Å². The van der Waals surface area contributed by atoms with Gasteiger partial charge in [0, 0.05) is 28.8 Å². The summed E-state index contributed by atoms with van der Waals surface area (Å²) in [6, 6.07) is 9.49. The highest BCUT2D eigenvalue weighted by molar-refractivity contribution is 6.08. The summed E-state index contributed by atoms with van der Waals surface area (Å²) in [5, 5.41) is 5.83. The first-order valence-electron chi connectivity index (χ1n) is 10.4. The van der Waals surface area contributed by atoms with Crippen LogP contribution in [-0.2, 0) is 6.18 Å². The fraction of sp³-hybridized carbons (Fsp3) is 0.0833. The van der Waals surface area contributed by atoms with Crippen LogP contribution in [0.3, 0.4) is 0 Å². The SMILES string of the molecule is O=C(Nc1ccc2c(C(F)(F)F)cc(=O)oc2c1)c1cnn2c(C(F)F)cc(-c3ccc(F)cc3)nc12. The molecule has 0 aliphatic heterocycles. The van der Waals surface area contributed by atoms with Crippen LogP contribution in [0.5, 0.6) is 0 Å². The summed E-state index contributed by atoms with van der Waals surface area (Å²) in [6.07, 6.45) is -6.81. The molecule has 0 saturated heterocycles. The van der Waals surface area contributed by atoms with E-state index in [4.69, 9.17) is 4.42 Å². The first-order chi connectivity index (χ1) is 17.5. The van der Waals surface area contributed by atoms with Crippen LogP contribution < -0.4 is 10.9 Å². The fourth-order valence-electron chi connectivity index (χ4n) is 3.74. The number of aromatic nitrogens is 3. The van der Waals surface area contributed by atoms with E-state index in [2.05, 4.69) is 15.4 Å². The Labute approximate surface area is 202 Å². The minimum atomic E-state index is -4.81. The summed E-state index contributed by atoms with van der Waals surface area (Å²) >= 11 is 0. The van der Waals surface area contributed by atoms with Crippen molar-refractivity contribution in [3.8, 4) is 11.3 Å². The van der Waals surface area contributed by atoms with Gasteiger partial charge in [0.05, 0.1) is 17.5 Å². The smallest absolute Gasteiger partial charge is 0.417 e. The van der Waals surface area contributed by atoms with Gasteiger partial charge in [-0.2, -0.15) is 18.3 Å². The zero-order chi connectivity index (χ0) is 26.5. The highest BCUT2D eigenvalue weighted by Gasteiger charge is 2.34. The second-order valence-corrected chi connectivity index (χ2v) is 7.81. The van der Waals surface area contributed by atoms with Gasteiger partial charge in [0.1, 0.15) is 22.7 Å². The van der Waals surface area contributed by atoms with E-state index in [0.29, 0.717) is 11.6 Å². The number of hydrogen-bond acceptors (Lipinski definition) is 5. The Morgan fingerprint density at radius 1 is 1.03 bits per heavy atom. The number of alkyl halides is 5. The van der Waals surface area contributed by atoms with Crippen molar-refractivity contribution >= 4 is 28.2 Å². The van der Waals surface area contributed by atoms with E-state index in [-0.39, 0.29) is 22.6 Å². The molecule has 5 aromatic rings. The van der Waals surface area contributed by atoms with Crippen LogP contribution in [-0.4, -0.2) is 20.5 Å². The Morgan fingerprint density at radius 2 is 1.76 bits per heavy atom. The molecule has 0 aliphatic rings. The summed E-state index contributed by atoms with van der Waals surface area (Å²) < 4.78 is 86.2. The molecule has 0 fully saturated rings. The lowest BCUT2D eigenvalue weighted by atomic mass is 10.1. The third-order valence-corrected chi connectivity index (χ3v) is 5.42. The minimum Gasteiger partial charge on any atom is -0.423 e. The van der Waals surface area contributed by atoms with Crippen molar-refractivity contribution in [2.24, 2.45) is 0 Å². The van der Waals surface area contributed by atoms with Gasteiger partial charge in [-0.05, 0) is 42.5 Å². The normalized spacial score (nSPS) is 12.0. The molecule has 1 amide bonds. The third kappa shape index (κ3) is 4.50. The third-order valence-electron chi connectivity index (χ3n) is 5.42. The number of benzene rings is 2. The van der Waals surface area contributed by atoms with E-state index < -0.39 is 52.2 Å². The molecular formula is C24H12F6N4O3. The molecular weight excluding hydrogens is 506 g/mol. The van der Waals surface area contributed by atoms with Gasteiger partial charge >= 0.3 is 11.8 Å². The Balaban J connectivity index is 1.55. The van der Waals surface area contributed by atoms with Crippen LogP contribution in [0.2, 0.25) is 0 Å². The van der Waals surface area contributed by atoms with Crippen molar-refractivity contribution < 1.29 is 35.6 Å². The number of amides is 1. The summed E-state index contributed by atoms with van der Waals surface area (Å²) in [5.74, 6) is -1.41. The largest absolute Gasteiger partial charge is 0.423 e. The lowest BCUT2D eigenvalue weighted by Crippen LogP contribution is -2.14. The molecule has 1 N–H and O–H groups in total. The van der Waals surface area contributed by atoms with Crippen LogP contribution in [0.25, 0.3) is 27.9 Å². The van der Waals surface area contributed by atoms with Crippen molar-refractivity contribution in [3.05, 3.63) is 93.9 Å². The van der Waals surface area contributed by atoms with Crippen LogP contribution in [0, 0.1) is 5.82 Å². The van der Waals surface area contributed by atoms with E-state index in [9.17, 15) is 35.9 Å². The maximum atomic E-state index is 13.7. The molecule has 0 radical (unpaired) electrons. The summed E-state index contributed by atoms with van der Waals surface area (Å²) in [4.78, 5) is 28.8. The molecule has 0 saturated carbocycles. The number of nitrogens with one attached hydrogen (secondary N) is 1. The molecule has 0 bridgehead atoms. The van der Waals surface area contributed by atoms with Gasteiger partial charge in [-0.3, -0.25) is 4.79 Å². The predicted octanol–water partition coefficient (Wildman–Crippen LogP) is 5.85. The maximum Gasteiger partial charge on any atom is 0.417 e. The molecule has 5 rings (SSSR count). The molecule has 3 aromatic heterocycles. The van der Waals surface area contributed by atoms with Gasteiger partial charge in [0.2, 0.25) is 0 Å². The van der Waals surface area contributed by atoms with Gasteiger partial charge in [0.15, 0.2) is 5.65 Å². The number of anilines is 1. The number of fused-ring (bicyclic) bond motifs is 2. The van der Waals surface area contributed by atoms with Gasteiger partial charge in [-0.25, -0.2) is 27.5 Å². The summed E-state index contributed by atoms with van der Waals surface area (Å²) in [6.45, 7) is 0. The molecule has 3 heterocycles. The molecule has 188 valence electrons. The van der Waals surface area contributed by atoms with Crippen LogP contribution >= 0.6 is 0 Å². The molecule has 0 aliphatic carbocycles. The number of nitrogens with zero attached hydrogens (tertiary/aromatic N) is 3. The average Bonchev–Trinajstić information content (AvgIpc) is 3.26. The number of carbonyl (C=O) groups excluding carboxylic acids is 1. The molecule has 37 heavy (non-hydrogen) atoms. The molecule has 2 aromatic carbocycles. The molecule has 0 atom stereocenters. The van der Waals surface area contributed by atoms with Crippen molar-refractivity contribution in [3.63, 3.8) is 0 Å². The Bertz CT molecular complexity index is 1730. The number of hydrogen-bond donors (Lipinski definition) is 1. The molecule has 0 unspecified atom stereocenters. The maximum absolute atomic E-state index is 13.7. The highest BCUT2D eigenvalue weighted by Crippen LogP contribution is 2.35. The average molecular weight is 518 g/mol. The fourth-order valence-corrected chi connectivity index (χ4v) is 3.74. The number of rotatable bonds is 4. The van der Waals surface area contributed by atoms with Gasteiger partial charge in [-0.15, -0.1) is 0 Å². The van der Waals surface area contributed by atoms with E-state index >= 15 is 0 Å². The van der Waals surface area contributed by atoms with E-state index in [1.165, 1.54) is 12.1 Å². The number of halogens is 6. The van der Waals surface area contributed by atoms with Gasteiger partial charge in [0.25, 0.3) is 12.3 Å². The van der Waals surface area contributed by atoms with Crippen LogP contribution in [0.15, 0.2) is 70.0 Å². The first-order valence-corrected chi connectivity index (χ1v) is 10.4. The van der Waals surface area contributed by atoms with E-state index in [1.807, 2.05) is 0 Å². The molecule has 13 heteroatoms. The second kappa shape index (κ2) is 8.76. The van der Waals surface area contributed by atoms with Crippen molar-refractivity contribution in [2.75, 3.05) is 5.32 Å². The Kier molecular flexibility index (Phi) is 5.69. The predicted molar refractivity (Wildman–Crippen MR) is 119 cm³/mol. The Hall–Kier alpha value is -4.68. The van der Waals surface area contributed by atoms with Crippen molar-refractivity contribution in [1.29, 1.82) is 0 Å². The summed E-state index contributed by atoms with van der Waals surface area (Å²) in [7, 11) is 0. The first kappa shape index (κ1) is 24.0. The van der Waals surface area contributed by atoms with E-state index in [1.54, 1.807) is 0 Å². The summed E-state index contributed by atoms with van der Waals surface area (Å²) in [5.41, 5.74) is -3.59. The minimum absolute atomic E-state index is 0.0320. The topological polar surface area (TPSA) is 89.5 Å². The second-order valence-electron chi connectivity index (χ2n) is 7.81. The quantitative estimate of drug-likeness (QED) is 0.238. The Morgan fingerprint density at radius 3 is 2.43 bits per heavy atom. The van der Waals surface area contributed by atoms with Gasteiger partial charge in [-0.1, -0.05) is 0 Å². The zero-order valence-corrected chi connectivity index (χ0v) is 18.2. The lowest BCUT2D eigenvalue weighted by Gasteiger charge is -2.11. The number of carbonyl (C=O) groups is 1. The molecule has 7 nitrogen and oxygen atoms in total. The standard InChI is InChI=1S/C24H12F6N4O3/c25-12-3-1-11(2-4-12)17-9-18(21(26)27)34-22(33-17)15(10-31-34)23(36)32-13-5-6-14-16(24(28,29)30)8-20(35)37-19(14)7-13/h1-10,21H,(H,32,36). The van der Waals surface area contributed by atoms with Crippen molar-refractivity contribution in [1.82, 2.24) is 14.6 Å². The van der Waals surface area contributed by atoms with Crippen LogP contribution in [0.1, 0.15) is 28.0 Å². The zero-order valence-electron chi connectivity index (χ0n) is 18.2. The van der Waals surface area contributed by atoms with Crippen LogP contribution in [0.4, 0.5) is 32.0 Å². The molecule has 0 spiro atoms. The van der Waals surface area contributed by atoms with Crippen molar-refractivity contribution in [2.45, 2.75) is 12.6 Å².